The van der Waals surface area contributed by atoms with Gasteiger partial charge in [0, 0.05) is 24.7 Å². The average Bonchev–Trinajstić information content (AvgIpc) is 2.95. The van der Waals surface area contributed by atoms with Crippen LogP contribution in [-0.4, -0.2) is 32.6 Å². The van der Waals surface area contributed by atoms with Crippen molar-refractivity contribution in [3.63, 3.8) is 0 Å². The van der Waals surface area contributed by atoms with Crippen LogP contribution < -0.4 is 5.73 Å². The molecule has 102 valence electrons. The molecule has 0 fully saturated rings. The topological polar surface area (TPSA) is 77.0 Å². The summed E-state index contributed by atoms with van der Waals surface area (Å²) in [5, 5.41) is 4.19. The van der Waals surface area contributed by atoms with Crippen LogP contribution in [0.15, 0.2) is 11.7 Å². The van der Waals surface area contributed by atoms with Gasteiger partial charge in [0.15, 0.2) is 5.69 Å². The number of thiazole rings is 1. The maximum atomic E-state index is 12.3. The quantitative estimate of drug-likeness (QED) is 0.920. The third-order valence-electron chi connectivity index (χ3n) is 2.89. The van der Waals surface area contributed by atoms with Gasteiger partial charge in [-0.2, -0.15) is 5.10 Å². The van der Waals surface area contributed by atoms with Crippen molar-refractivity contribution in [2.24, 2.45) is 0 Å². The third kappa shape index (κ3) is 2.76. The van der Waals surface area contributed by atoms with Gasteiger partial charge < -0.3 is 10.6 Å². The number of hydrogen-bond donors (Lipinski definition) is 1. The van der Waals surface area contributed by atoms with Crippen molar-refractivity contribution in [3.8, 4) is 0 Å². The Bertz CT molecular complexity index is 589. The van der Waals surface area contributed by atoms with Crippen LogP contribution in [0.25, 0.3) is 0 Å². The lowest BCUT2D eigenvalue weighted by Crippen LogP contribution is -2.27. The molecule has 0 bridgehead atoms. The summed E-state index contributed by atoms with van der Waals surface area (Å²) in [7, 11) is 1.74. The number of nitrogens with two attached hydrogens (primary N) is 1. The molecule has 0 spiro atoms. The predicted octanol–water partition coefficient (Wildman–Crippen LogP) is 1.52. The van der Waals surface area contributed by atoms with Crippen molar-refractivity contribution in [3.05, 3.63) is 28.0 Å². The lowest BCUT2D eigenvalue weighted by atomic mass is 10.3. The van der Waals surface area contributed by atoms with Crippen molar-refractivity contribution in [1.82, 2.24) is 19.7 Å². The molecule has 0 saturated heterocycles. The highest BCUT2D eigenvalue weighted by molar-refractivity contribution is 7.09. The van der Waals surface area contributed by atoms with Crippen LogP contribution in [0.3, 0.4) is 0 Å². The minimum atomic E-state index is -0.169. The van der Waals surface area contributed by atoms with E-state index in [9.17, 15) is 4.79 Å². The Labute approximate surface area is 115 Å². The van der Waals surface area contributed by atoms with Gasteiger partial charge in [0.25, 0.3) is 5.91 Å². The summed E-state index contributed by atoms with van der Waals surface area (Å²) in [6.07, 6.45) is 1.68. The van der Waals surface area contributed by atoms with Crippen molar-refractivity contribution in [2.45, 2.75) is 26.9 Å². The van der Waals surface area contributed by atoms with E-state index in [0.29, 0.717) is 24.5 Å². The van der Waals surface area contributed by atoms with Crippen LogP contribution in [0.5, 0.6) is 0 Å². The molecule has 2 N–H and O–H groups in total. The number of amides is 1. The fraction of sp³-hybridized carbons (Fsp3) is 0.417. The zero-order valence-corrected chi connectivity index (χ0v) is 12.1. The molecule has 2 aromatic rings. The second-order valence-corrected chi connectivity index (χ2v) is 5.25. The summed E-state index contributed by atoms with van der Waals surface area (Å²) in [6.45, 7) is 5.10. The highest BCUT2D eigenvalue weighted by Gasteiger charge is 2.19. The van der Waals surface area contributed by atoms with Gasteiger partial charge in [0.1, 0.15) is 0 Å². The molecule has 6 nitrogen and oxygen atoms in total. The number of carbonyl (C=O) groups excluding carboxylic acids is 1. The summed E-state index contributed by atoms with van der Waals surface area (Å²) in [5.74, 6) is -0.169. The maximum Gasteiger partial charge on any atom is 0.276 e. The largest absolute Gasteiger partial charge is 0.396 e. The number of rotatable bonds is 4. The molecule has 7 heteroatoms. The third-order valence-corrected chi connectivity index (χ3v) is 3.81. The van der Waals surface area contributed by atoms with E-state index in [-0.39, 0.29) is 5.91 Å². The van der Waals surface area contributed by atoms with Gasteiger partial charge in [-0.3, -0.25) is 9.48 Å². The first-order chi connectivity index (χ1) is 9.02. The first-order valence-corrected chi connectivity index (χ1v) is 6.88. The van der Waals surface area contributed by atoms with E-state index in [1.54, 1.807) is 39.7 Å². The molecule has 0 aromatic carbocycles. The summed E-state index contributed by atoms with van der Waals surface area (Å²) in [5.41, 5.74) is 9.28. The van der Waals surface area contributed by atoms with Gasteiger partial charge in [-0.25, -0.2) is 4.98 Å². The van der Waals surface area contributed by atoms with Gasteiger partial charge in [-0.05, 0) is 13.8 Å². The van der Waals surface area contributed by atoms with Gasteiger partial charge in [-0.1, -0.05) is 0 Å². The Morgan fingerprint density at radius 1 is 1.58 bits per heavy atom. The van der Waals surface area contributed by atoms with Crippen molar-refractivity contribution >= 4 is 22.9 Å². The van der Waals surface area contributed by atoms with Crippen LogP contribution >= 0.6 is 11.3 Å². The lowest BCUT2D eigenvalue weighted by Gasteiger charge is -2.15. The van der Waals surface area contributed by atoms with Crippen LogP contribution in [-0.2, 0) is 13.1 Å². The molecule has 19 heavy (non-hydrogen) atoms. The fourth-order valence-corrected chi connectivity index (χ4v) is 2.54. The molecule has 2 heterocycles. The molecule has 2 rings (SSSR count). The van der Waals surface area contributed by atoms with E-state index >= 15 is 0 Å². The Hall–Kier alpha value is -1.89. The van der Waals surface area contributed by atoms with Crippen LogP contribution in [0.4, 0.5) is 5.69 Å². The predicted molar refractivity (Wildman–Crippen MR) is 75.0 cm³/mol. The van der Waals surface area contributed by atoms with Gasteiger partial charge >= 0.3 is 0 Å². The number of aromatic nitrogens is 3. The minimum absolute atomic E-state index is 0.169. The van der Waals surface area contributed by atoms with Crippen molar-refractivity contribution in [2.75, 3.05) is 12.8 Å². The van der Waals surface area contributed by atoms with E-state index in [1.807, 2.05) is 13.8 Å². The maximum absolute atomic E-state index is 12.3. The van der Waals surface area contributed by atoms with Gasteiger partial charge in [0.05, 0.1) is 23.4 Å². The number of carbonyl (C=O) groups is 1. The molecule has 1 amide bonds. The number of aryl methyl sites for hydroxylation is 2. The Kier molecular flexibility index (Phi) is 3.84. The second kappa shape index (κ2) is 5.40. The van der Waals surface area contributed by atoms with E-state index in [0.717, 1.165) is 10.6 Å². The number of hydrogen-bond acceptors (Lipinski definition) is 5. The van der Waals surface area contributed by atoms with Crippen LogP contribution in [0.2, 0.25) is 0 Å². The average molecular weight is 279 g/mol. The normalized spacial score (nSPS) is 10.7. The molecule has 0 unspecified atom stereocenters. The fourth-order valence-electron chi connectivity index (χ4n) is 1.71. The van der Waals surface area contributed by atoms with Gasteiger partial charge in [0.2, 0.25) is 0 Å². The Balaban J connectivity index is 2.14. The summed E-state index contributed by atoms with van der Waals surface area (Å²) in [4.78, 5) is 19.1. The number of nitrogens with zero attached hydrogens (tertiary/aromatic N) is 4. The smallest absolute Gasteiger partial charge is 0.276 e. The molecule has 0 aliphatic heterocycles. The Morgan fingerprint density at radius 2 is 2.32 bits per heavy atom. The van der Waals surface area contributed by atoms with E-state index in [2.05, 4.69) is 10.1 Å². The standard InChI is InChI=1S/C12H17N5OS/c1-4-17-5-9(13)11(15-17)12(18)16(3)6-10-8(2)14-7-19-10/h5,7H,4,6,13H2,1-3H3. The van der Waals surface area contributed by atoms with E-state index in [4.69, 9.17) is 5.73 Å². The first kappa shape index (κ1) is 13.5. The molecule has 2 aromatic heterocycles. The molecule has 0 atom stereocenters. The minimum Gasteiger partial charge on any atom is -0.396 e. The summed E-state index contributed by atoms with van der Waals surface area (Å²) in [6, 6.07) is 0. The number of anilines is 1. The zero-order chi connectivity index (χ0) is 14.0. The highest BCUT2D eigenvalue weighted by atomic mass is 32.1. The SMILES string of the molecule is CCn1cc(N)c(C(=O)N(C)Cc2scnc2C)n1. The first-order valence-electron chi connectivity index (χ1n) is 6.00. The van der Waals surface area contributed by atoms with Crippen LogP contribution in [0, 0.1) is 6.92 Å². The molecule has 0 aliphatic carbocycles. The molecule has 0 aliphatic rings. The lowest BCUT2D eigenvalue weighted by molar-refractivity contribution is 0.0780. The highest BCUT2D eigenvalue weighted by Crippen LogP contribution is 2.17. The molecule has 0 saturated carbocycles. The van der Waals surface area contributed by atoms with E-state index in [1.165, 1.54) is 0 Å². The monoisotopic (exact) mass is 279 g/mol. The second-order valence-electron chi connectivity index (χ2n) is 4.31. The van der Waals surface area contributed by atoms with Crippen molar-refractivity contribution < 1.29 is 4.79 Å². The summed E-state index contributed by atoms with van der Waals surface area (Å²) < 4.78 is 1.66. The Morgan fingerprint density at radius 3 is 2.84 bits per heavy atom. The van der Waals surface area contributed by atoms with Crippen LogP contribution in [0.1, 0.15) is 28.0 Å². The van der Waals surface area contributed by atoms with Gasteiger partial charge in [-0.15, -0.1) is 11.3 Å². The number of nitrogen functional groups attached to an aromatic ring is 1. The molecule has 0 radical (unpaired) electrons. The molecular formula is C12H17N5OS. The van der Waals surface area contributed by atoms with E-state index < -0.39 is 0 Å². The molecular weight excluding hydrogens is 262 g/mol. The van der Waals surface area contributed by atoms with Crippen molar-refractivity contribution in [1.29, 1.82) is 0 Å². The zero-order valence-electron chi connectivity index (χ0n) is 11.3. The summed E-state index contributed by atoms with van der Waals surface area (Å²) >= 11 is 1.54.